The average molecular weight is 394 g/mol. The summed E-state index contributed by atoms with van der Waals surface area (Å²) in [6.45, 7) is 6.91. The molecule has 0 fully saturated rings. The fraction of sp³-hybridized carbons (Fsp3) is 0.318. The molecule has 1 aromatic carbocycles. The van der Waals surface area contributed by atoms with Crippen molar-refractivity contribution in [3.8, 4) is 22.9 Å². The van der Waals surface area contributed by atoms with Gasteiger partial charge in [0.15, 0.2) is 11.6 Å². The van der Waals surface area contributed by atoms with Crippen molar-refractivity contribution in [1.82, 2.24) is 19.4 Å². The van der Waals surface area contributed by atoms with Crippen LogP contribution in [0.5, 0.6) is 11.6 Å². The van der Waals surface area contributed by atoms with E-state index in [1.807, 2.05) is 30.5 Å². The van der Waals surface area contributed by atoms with E-state index in [-0.39, 0.29) is 11.7 Å². The first-order chi connectivity index (χ1) is 14.0. The molecule has 0 saturated carbocycles. The third-order valence-electron chi connectivity index (χ3n) is 5.00. The van der Waals surface area contributed by atoms with Gasteiger partial charge in [0.05, 0.1) is 18.1 Å². The molecule has 1 aliphatic rings. The molecule has 0 bridgehead atoms. The summed E-state index contributed by atoms with van der Waals surface area (Å²) >= 11 is 0. The van der Waals surface area contributed by atoms with Gasteiger partial charge in [-0.2, -0.15) is 0 Å². The van der Waals surface area contributed by atoms with E-state index in [1.54, 1.807) is 23.1 Å². The third-order valence-corrected chi connectivity index (χ3v) is 5.00. The minimum absolute atomic E-state index is 0.0706. The van der Waals surface area contributed by atoms with Crippen LogP contribution in [-0.4, -0.2) is 31.9 Å². The molecule has 0 unspecified atom stereocenters. The van der Waals surface area contributed by atoms with E-state index in [4.69, 9.17) is 4.74 Å². The topological polar surface area (TPSA) is 60.3 Å². The zero-order chi connectivity index (χ0) is 20.5. The molecule has 1 amide bonds. The second-order valence-electron chi connectivity index (χ2n) is 7.23. The maximum atomic E-state index is 14.8. The normalized spacial score (nSPS) is 13.1. The molecule has 0 aliphatic carbocycles. The zero-order valence-corrected chi connectivity index (χ0v) is 16.8. The number of amides is 1. The van der Waals surface area contributed by atoms with Gasteiger partial charge in [0.2, 0.25) is 11.7 Å². The second kappa shape index (κ2) is 7.66. The number of hydrogen-bond donors (Lipinski definition) is 0. The molecule has 6 nitrogen and oxygen atoms in total. The minimum Gasteiger partial charge on any atom is -0.436 e. The Bertz CT molecular complexity index is 1080. The van der Waals surface area contributed by atoms with Gasteiger partial charge in [0.1, 0.15) is 0 Å². The second-order valence-corrected chi connectivity index (χ2v) is 7.23. The number of hydrogen-bond acceptors (Lipinski definition) is 4. The number of fused-ring (bicyclic) bond motifs is 1. The third kappa shape index (κ3) is 3.60. The van der Waals surface area contributed by atoms with Gasteiger partial charge in [-0.15, -0.1) is 0 Å². The van der Waals surface area contributed by atoms with Crippen LogP contribution < -0.4 is 4.74 Å². The van der Waals surface area contributed by atoms with Crippen molar-refractivity contribution in [2.45, 2.75) is 40.3 Å². The van der Waals surface area contributed by atoms with E-state index in [1.165, 1.54) is 6.07 Å². The van der Waals surface area contributed by atoms with Crippen molar-refractivity contribution in [3.63, 3.8) is 0 Å². The van der Waals surface area contributed by atoms with E-state index in [9.17, 15) is 9.18 Å². The van der Waals surface area contributed by atoms with Crippen molar-refractivity contribution in [1.29, 1.82) is 0 Å². The highest BCUT2D eigenvalue weighted by atomic mass is 19.1. The SMILES string of the molecule is CCCCN1Cn2c(nc(C)c2-c2ccc(Oc3cccc(C)n3)c(F)c2)C1=O. The van der Waals surface area contributed by atoms with Gasteiger partial charge in [-0.1, -0.05) is 19.4 Å². The first-order valence-electron chi connectivity index (χ1n) is 9.75. The average Bonchev–Trinajstić information content (AvgIpc) is 3.16. The smallest absolute Gasteiger partial charge is 0.291 e. The maximum absolute atomic E-state index is 14.8. The molecule has 7 heteroatoms. The maximum Gasteiger partial charge on any atom is 0.291 e. The molecule has 0 saturated heterocycles. The highest BCUT2D eigenvalue weighted by Crippen LogP contribution is 2.33. The number of aryl methyl sites for hydroxylation is 2. The number of imidazole rings is 1. The Morgan fingerprint density at radius 3 is 2.72 bits per heavy atom. The summed E-state index contributed by atoms with van der Waals surface area (Å²) in [6.07, 6.45) is 1.96. The van der Waals surface area contributed by atoms with Crippen LogP contribution in [0.15, 0.2) is 36.4 Å². The molecule has 29 heavy (non-hydrogen) atoms. The number of pyridine rings is 1. The Hall–Kier alpha value is -3.22. The number of aromatic nitrogens is 3. The van der Waals surface area contributed by atoms with Gasteiger partial charge in [0.25, 0.3) is 5.91 Å². The Kier molecular flexibility index (Phi) is 5.05. The van der Waals surface area contributed by atoms with Crippen LogP contribution in [0.25, 0.3) is 11.3 Å². The summed E-state index contributed by atoms with van der Waals surface area (Å²) in [5.41, 5.74) is 2.92. The number of rotatable bonds is 6. The lowest BCUT2D eigenvalue weighted by atomic mass is 10.1. The molecule has 2 aromatic heterocycles. The molecule has 1 aliphatic heterocycles. The number of benzene rings is 1. The van der Waals surface area contributed by atoms with Crippen LogP contribution in [0.4, 0.5) is 4.39 Å². The fourth-order valence-corrected chi connectivity index (χ4v) is 3.56. The van der Waals surface area contributed by atoms with E-state index in [0.29, 0.717) is 36.2 Å². The van der Waals surface area contributed by atoms with Crippen LogP contribution in [-0.2, 0) is 6.67 Å². The standard InChI is InChI=1S/C22H23FN4O2/c1-4-5-11-26-13-27-20(15(3)25-21(27)22(26)28)16-9-10-18(17(23)12-16)29-19-8-6-7-14(2)24-19/h6-10,12H,4-5,11,13H2,1-3H3. The molecule has 0 radical (unpaired) electrons. The molecule has 0 N–H and O–H groups in total. The molecule has 0 atom stereocenters. The Labute approximate surface area is 169 Å². The quantitative estimate of drug-likeness (QED) is 0.608. The Balaban J connectivity index is 1.63. The first-order valence-corrected chi connectivity index (χ1v) is 9.75. The predicted octanol–water partition coefficient (Wildman–Crippen LogP) is 4.71. The summed E-state index contributed by atoms with van der Waals surface area (Å²) in [5, 5.41) is 0. The molecule has 3 heterocycles. The lowest BCUT2D eigenvalue weighted by Crippen LogP contribution is -2.26. The number of nitrogens with zero attached hydrogens (tertiary/aromatic N) is 4. The van der Waals surface area contributed by atoms with Gasteiger partial charge in [-0.3, -0.25) is 4.79 Å². The van der Waals surface area contributed by atoms with Gasteiger partial charge in [-0.05, 0) is 44.5 Å². The molecule has 150 valence electrons. The van der Waals surface area contributed by atoms with Crippen molar-refractivity contribution in [3.05, 3.63) is 59.4 Å². The number of halogens is 1. The van der Waals surface area contributed by atoms with Gasteiger partial charge in [-0.25, -0.2) is 14.4 Å². The highest BCUT2D eigenvalue weighted by Gasteiger charge is 2.32. The van der Waals surface area contributed by atoms with Gasteiger partial charge < -0.3 is 14.2 Å². The summed E-state index contributed by atoms with van der Waals surface area (Å²) in [5.74, 6) is 0.298. The van der Waals surface area contributed by atoms with E-state index in [2.05, 4.69) is 16.9 Å². The molecule has 4 rings (SSSR count). The lowest BCUT2D eigenvalue weighted by molar-refractivity contribution is 0.0763. The molecular formula is C22H23FN4O2. The fourth-order valence-electron chi connectivity index (χ4n) is 3.56. The van der Waals surface area contributed by atoms with E-state index < -0.39 is 5.82 Å². The largest absolute Gasteiger partial charge is 0.436 e. The van der Waals surface area contributed by atoms with Crippen LogP contribution >= 0.6 is 0 Å². The first kappa shape index (κ1) is 19.1. The monoisotopic (exact) mass is 394 g/mol. The van der Waals surface area contributed by atoms with Crippen LogP contribution in [0.1, 0.15) is 41.8 Å². The minimum atomic E-state index is -0.493. The van der Waals surface area contributed by atoms with Crippen molar-refractivity contribution < 1.29 is 13.9 Å². The summed E-state index contributed by atoms with van der Waals surface area (Å²) < 4.78 is 22.2. The van der Waals surface area contributed by atoms with Crippen LogP contribution in [0.2, 0.25) is 0 Å². The molecule has 3 aromatic rings. The number of carbonyl (C=O) groups is 1. The van der Waals surface area contributed by atoms with E-state index >= 15 is 0 Å². The lowest BCUT2D eigenvalue weighted by Gasteiger charge is -2.16. The number of unbranched alkanes of at least 4 members (excludes halogenated alkanes) is 1. The predicted molar refractivity (Wildman–Crippen MR) is 107 cm³/mol. The van der Waals surface area contributed by atoms with Crippen LogP contribution in [0, 0.1) is 19.7 Å². The highest BCUT2D eigenvalue weighted by molar-refractivity contribution is 5.94. The molecular weight excluding hydrogens is 371 g/mol. The van der Waals surface area contributed by atoms with Crippen molar-refractivity contribution >= 4 is 5.91 Å². The van der Waals surface area contributed by atoms with Crippen molar-refractivity contribution in [2.75, 3.05) is 6.54 Å². The van der Waals surface area contributed by atoms with Crippen LogP contribution in [0.3, 0.4) is 0 Å². The summed E-state index contributed by atoms with van der Waals surface area (Å²) in [7, 11) is 0. The number of ether oxygens (including phenoxy) is 1. The zero-order valence-electron chi connectivity index (χ0n) is 16.8. The Morgan fingerprint density at radius 1 is 1.17 bits per heavy atom. The van der Waals surface area contributed by atoms with Gasteiger partial charge in [0, 0.05) is 23.9 Å². The summed E-state index contributed by atoms with van der Waals surface area (Å²) in [6, 6.07) is 10.1. The van der Waals surface area contributed by atoms with E-state index in [0.717, 1.165) is 24.2 Å². The van der Waals surface area contributed by atoms with Crippen molar-refractivity contribution in [2.24, 2.45) is 0 Å². The summed E-state index contributed by atoms with van der Waals surface area (Å²) in [4.78, 5) is 23.1. The molecule has 0 spiro atoms. The number of carbonyl (C=O) groups excluding carboxylic acids is 1. The Morgan fingerprint density at radius 2 is 2.00 bits per heavy atom. The van der Waals surface area contributed by atoms with Gasteiger partial charge >= 0.3 is 0 Å².